The van der Waals surface area contributed by atoms with Gasteiger partial charge < -0.3 is 14.2 Å². The largest absolute Gasteiger partial charge is 0.497 e. The van der Waals surface area contributed by atoms with E-state index in [1.165, 1.54) is 30.9 Å². The lowest BCUT2D eigenvalue weighted by Crippen LogP contribution is -2.26. The van der Waals surface area contributed by atoms with Crippen molar-refractivity contribution in [3.8, 4) is 28.3 Å². The molecular formula is C20H24N4OS. The van der Waals surface area contributed by atoms with E-state index in [1.807, 2.05) is 30.7 Å². The topological polar surface area (TPSA) is 43.2 Å². The van der Waals surface area contributed by atoms with Crippen LogP contribution in [0.4, 0.5) is 0 Å². The Balaban J connectivity index is 1.67. The van der Waals surface area contributed by atoms with Crippen LogP contribution >= 0.6 is 11.5 Å². The molecule has 26 heavy (non-hydrogen) atoms. The van der Waals surface area contributed by atoms with Crippen LogP contribution in [-0.2, 0) is 6.54 Å². The maximum atomic E-state index is 5.39. The number of benzene rings is 1. The molecule has 3 aromatic rings. The Morgan fingerprint density at radius 3 is 2.96 bits per heavy atom. The van der Waals surface area contributed by atoms with E-state index in [9.17, 15) is 0 Å². The first kappa shape index (κ1) is 17.2. The molecule has 1 aliphatic heterocycles. The number of likely N-dealkylation sites (tertiary alicyclic amines) is 1. The molecule has 0 spiro atoms. The summed E-state index contributed by atoms with van der Waals surface area (Å²) in [6.45, 7) is 2.18. The number of rotatable bonds is 6. The molecule has 0 radical (unpaired) electrons. The minimum Gasteiger partial charge on any atom is -0.497 e. The number of aryl methyl sites for hydroxylation is 1. The quantitative estimate of drug-likeness (QED) is 0.655. The van der Waals surface area contributed by atoms with Gasteiger partial charge in [0.25, 0.3) is 0 Å². The second-order valence-corrected chi connectivity index (χ2v) is 7.50. The molecule has 1 aliphatic rings. The van der Waals surface area contributed by atoms with Crippen LogP contribution in [0.15, 0.2) is 42.2 Å². The van der Waals surface area contributed by atoms with E-state index < -0.39 is 0 Å². The van der Waals surface area contributed by atoms with Crippen molar-refractivity contribution in [2.24, 2.45) is 0 Å². The zero-order chi connectivity index (χ0) is 17.9. The number of nitrogens with zero attached hydrogens (tertiary/aromatic N) is 4. The van der Waals surface area contributed by atoms with E-state index >= 15 is 0 Å². The molecule has 5 nitrogen and oxygen atoms in total. The average Bonchev–Trinajstić information content (AvgIpc) is 3.40. The van der Waals surface area contributed by atoms with Gasteiger partial charge in [-0.1, -0.05) is 12.1 Å². The van der Waals surface area contributed by atoms with E-state index in [-0.39, 0.29) is 0 Å². The van der Waals surface area contributed by atoms with Gasteiger partial charge in [0.2, 0.25) is 0 Å². The van der Waals surface area contributed by atoms with Crippen LogP contribution in [0.25, 0.3) is 22.5 Å². The van der Waals surface area contributed by atoms with Gasteiger partial charge in [-0.3, -0.25) is 0 Å². The van der Waals surface area contributed by atoms with Crippen LogP contribution in [0.5, 0.6) is 5.75 Å². The van der Waals surface area contributed by atoms with Crippen molar-refractivity contribution in [1.82, 2.24) is 18.8 Å². The highest BCUT2D eigenvalue weighted by Crippen LogP contribution is 2.33. The lowest BCUT2D eigenvalue weighted by Gasteiger charge is -2.20. The van der Waals surface area contributed by atoms with Gasteiger partial charge in [0.15, 0.2) is 0 Å². The van der Waals surface area contributed by atoms with Gasteiger partial charge in [-0.05, 0) is 56.5 Å². The fourth-order valence-corrected chi connectivity index (χ4v) is 4.31. The van der Waals surface area contributed by atoms with Crippen LogP contribution in [0.3, 0.4) is 0 Å². The van der Waals surface area contributed by atoms with E-state index in [2.05, 4.69) is 32.3 Å². The fraction of sp³-hybridized carbons (Fsp3) is 0.400. The number of hydrogen-bond donors (Lipinski definition) is 0. The summed E-state index contributed by atoms with van der Waals surface area (Å²) in [5, 5.41) is 2.10. The number of aromatic nitrogens is 3. The summed E-state index contributed by atoms with van der Waals surface area (Å²) in [7, 11) is 3.93. The Labute approximate surface area is 158 Å². The molecular weight excluding hydrogens is 344 g/mol. The standard InChI is InChI=1S/C20H24N4OS/c1-23-9-4-6-17(23)8-10-24-14-21-19(20(24)16-12-22-26-13-16)15-5-3-7-18(11-15)25-2/h3,5,7,11-14,17H,4,6,8-10H2,1-2H3. The molecule has 1 atom stereocenters. The minimum absolute atomic E-state index is 0.672. The lowest BCUT2D eigenvalue weighted by atomic mass is 10.1. The zero-order valence-corrected chi connectivity index (χ0v) is 16.1. The molecule has 1 unspecified atom stereocenters. The Morgan fingerprint density at radius 1 is 1.31 bits per heavy atom. The number of hydrogen-bond acceptors (Lipinski definition) is 5. The second kappa shape index (κ2) is 7.60. The Bertz CT molecular complexity index is 859. The van der Waals surface area contributed by atoms with E-state index in [1.54, 1.807) is 7.11 Å². The Morgan fingerprint density at radius 2 is 2.23 bits per heavy atom. The van der Waals surface area contributed by atoms with Gasteiger partial charge in [-0.2, -0.15) is 0 Å². The van der Waals surface area contributed by atoms with Gasteiger partial charge in [0.05, 0.1) is 31.0 Å². The van der Waals surface area contributed by atoms with Gasteiger partial charge >= 0.3 is 0 Å². The number of methoxy groups -OCH3 is 1. The maximum absolute atomic E-state index is 5.39. The predicted molar refractivity (Wildman–Crippen MR) is 106 cm³/mol. The van der Waals surface area contributed by atoms with Gasteiger partial charge in [-0.25, -0.2) is 9.36 Å². The highest BCUT2D eigenvalue weighted by Gasteiger charge is 2.22. The smallest absolute Gasteiger partial charge is 0.119 e. The van der Waals surface area contributed by atoms with Crippen molar-refractivity contribution < 1.29 is 4.74 Å². The molecule has 6 heteroatoms. The van der Waals surface area contributed by atoms with Crippen molar-refractivity contribution in [3.63, 3.8) is 0 Å². The van der Waals surface area contributed by atoms with Crippen molar-refractivity contribution in [2.45, 2.75) is 31.8 Å². The van der Waals surface area contributed by atoms with Crippen molar-refractivity contribution in [1.29, 1.82) is 0 Å². The summed E-state index contributed by atoms with van der Waals surface area (Å²) in [5.41, 5.74) is 4.34. The third-order valence-corrected chi connectivity index (χ3v) is 5.85. The van der Waals surface area contributed by atoms with Crippen LogP contribution in [0.2, 0.25) is 0 Å². The monoisotopic (exact) mass is 368 g/mol. The predicted octanol–water partition coefficient (Wildman–Crippen LogP) is 4.17. The maximum Gasteiger partial charge on any atom is 0.119 e. The first-order valence-electron chi connectivity index (χ1n) is 9.06. The molecule has 0 aliphatic carbocycles. The van der Waals surface area contributed by atoms with Crippen molar-refractivity contribution in [2.75, 3.05) is 20.7 Å². The number of ether oxygens (including phenoxy) is 1. The molecule has 0 amide bonds. The fourth-order valence-electron chi connectivity index (χ4n) is 3.79. The summed E-state index contributed by atoms with van der Waals surface area (Å²) in [4.78, 5) is 7.23. The third-order valence-electron chi connectivity index (χ3n) is 5.26. The molecule has 136 valence electrons. The average molecular weight is 369 g/mol. The summed E-state index contributed by atoms with van der Waals surface area (Å²) in [6.07, 6.45) is 7.65. The Kier molecular flexibility index (Phi) is 5.04. The van der Waals surface area contributed by atoms with Crippen LogP contribution in [0, 0.1) is 0 Å². The summed E-state index contributed by atoms with van der Waals surface area (Å²) >= 11 is 1.48. The molecule has 1 fully saturated rings. The molecule has 1 aromatic carbocycles. The molecule has 2 aromatic heterocycles. The minimum atomic E-state index is 0.672. The van der Waals surface area contributed by atoms with Crippen molar-refractivity contribution >= 4 is 11.5 Å². The zero-order valence-electron chi connectivity index (χ0n) is 15.3. The van der Waals surface area contributed by atoms with Crippen LogP contribution < -0.4 is 4.74 Å². The SMILES string of the molecule is COc1cccc(-c2ncn(CCC3CCCN3C)c2-c2cnsc2)c1. The molecule has 4 rings (SSSR count). The molecule has 1 saturated heterocycles. The number of imidazole rings is 1. The normalized spacial score (nSPS) is 17.7. The molecule has 0 N–H and O–H groups in total. The van der Waals surface area contributed by atoms with Gasteiger partial charge in [0, 0.05) is 29.1 Å². The van der Waals surface area contributed by atoms with E-state index in [0.29, 0.717) is 6.04 Å². The summed E-state index contributed by atoms with van der Waals surface area (Å²) in [5.74, 6) is 0.846. The Hall–Kier alpha value is -2.18. The molecule has 0 bridgehead atoms. The lowest BCUT2D eigenvalue weighted by molar-refractivity contribution is 0.286. The van der Waals surface area contributed by atoms with E-state index in [0.717, 1.165) is 41.2 Å². The first-order chi connectivity index (χ1) is 12.8. The summed E-state index contributed by atoms with van der Waals surface area (Å²) in [6, 6.07) is 8.77. The van der Waals surface area contributed by atoms with Gasteiger partial charge in [0.1, 0.15) is 5.75 Å². The van der Waals surface area contributed by atoms with Crippen LogP contribution in [0.1, 0.15) is 19.3 Å². The highest BCUT2D eigenvalue weighted by atomic mass is 32.1. The van der Waals surface area contributed by atoms with Crippen LogP contribution in [-0.4, -0.2) is 45.6 Å². The molecule has 0 saturated carbocycles. The van der Waals surface area contributed by atoms with Gasteiger partial charge in [-0.15, -0.1) is 0 Å². The van der Waals surface area contributed by atoms with Crippen molar-refractivity contribution in [3.05, 3.63) is 42.2 Å². The highest BCUT2D eigenvalue weighted by molar-refractivity contribution is 7.03. The molecule has 3 heterocycles. The summed E-state index contributed by atoms with van der Waals surface area (Å²) < 4.78 is 12.0. The van der Waals surface area contributed by atoms with E-state index in [4.69, 9.17) is 9.72 Å². The third kappa shape index (κ3) is 3.39. The first-order valence-corrected chi connectivity index (χ1v) is 9.89. The second-order valence-electron chi connectivity index (χ2n) is 6.85.